The van der Waals surface area contributed by atoms with Crippen LogP contribution >= 0.6 is 0 Å². The summed E-state index contributed by atoms with van der Waals surface area (Å²) < 4.78 is 10.4. The molecule has 0 aliphatic carbocycles. The molecule has 25 heavy (non-hydrogen) atoms. The molecular formula is C20H26N2O3. The molecule has 0 fully saturated rings. The molecule has 2 N–H and O–H groups in total. The van der Waals surface area contributed by atoms with E-state index in [1.165, 1.54) is 12.8 Å². The Labute approximate surface area is 149 Å². The summed E-state index contributed by atoms with van der Waals surface area (Å²) in [6.45, 7) is 3.15. The third kappa shape index (κ3) is 5.41. The van der Waals surface area contributed by atoms with E-state index in [1.54, 1.807) is 32.4 Å². The highest BCUT2D eigenvalue weighted by molar-refractivity contribution is 6.04. The van der Waals surface area contributed by atoms with Crippen molar-refractivity contribution in [3.63, 3.8) is 0 Å². The number of benzene rings is 2. The van der Waals surface area contributed by atoms with Crippen molar-refractivity contribution < 1.29 is 14.3 Å². The van der Waals surface area contributed by atoms with Crippen molar-refractivity contribution >= 4 is 17.3 Å². The first-order valence-electron chi connectivity index (χ1n) is 8.55. The predicted molar refractivity (Wildman–Crippen MR) is 102 cm³/mol. The SMILES string of the molecule is CCCCCNc1ccc(NC(=O)c2ccc(OC)c(OC)c2)cc1. The van der Waals surface area contributed by atoms with Crippen LogP contribution in [-0.2, 0) is 0 Å². The maximum absolute atomic E-state index is 12.4. The highest BCUT2D eigenvalue weighted by Crippen LogP contribution is 2.28. The highest BCUT2D eigenvalue weighted by atomic mass is 16.5. The smallest absolute Gasteiger partial charge is 0.255 e. The first kappa shape index (κ1) is 18.6. The van der Waals surface area contributed by atoms with Crippen LogP contribution in [0, 0.1) is 0 Å². The molecule has 0 radical (unpaired) electrons. The average Bonchev–Trinajstić information content (AvgIpc) is 2.65. The molecule has 2 aromatic rings. The van der Waals surface area contributed by atoms with Crippen molar-refractivity contribution in [2.45, 2.75) is 26.2 Å². The molecule has 0 unspecified atom stereocenters. The molecule has 0 aliphatic rings. The highest BCUT2D eigenvalue weighted by Gasteiger charge is 2.11. The number of rotatable bonds is 9. The Morgan fingerprint density at radius 1 is 0.920 bits per heavy atom. The molecule has 0 atom stereocenters. The molecule has 2 rings (SSSR count). The van der Waals surface area contributed by atoms with Crippen LogP contribution in [0.5, 0.6) is 11.5 Å². The molecule has 0 aliphatic heterocycles. The van der Waals surface area contributed by atoms with Gasteiger partial charge in [0.2, 0.25) is 0 Å². The van der Waals surface area contributed by atoms with Gasteiger partial charge in [0.25, 0.3) is 5.91 Å². The first-order chi connectivity index (χ1) is 12.2. The summed E-state index contributed by atoms with van der Waals surface area (Å²) >= 11 is 0. The molecule has 5 heteroatoms. The lowest BCUT2D eigenvalue weighted by molar-refractivity contribution is 0.102. The minimum atomic E-state index is -0.190. The molecular weight excluding hydrogens is 316 g/mol. The Hall–Kier alpha value is -2.69. The minimum Gasteiger partial charge on any atom is -0.493 e. The van der Waals surface area contributed by atoms with Gasteiger partial charge in [0.05, 0.1) is 14.2 Å². The zero-order valence-electron chi connectivity index (χ0n) is 15.1. The van der Waals surface area contributed by atoms with Gasteiger partial charge in [-0.25, -0.2) is 0 Å². The van der Waals surface area contributed by atoms with E-state index in [1.807, 2.05) is 24.3 Å². The van der Waals surface area contributed by atoms with Crippen molar-refractivity contribution in [2.24, 2.45) is 0 Å². The second-order valence-electron chi connectivity index (χ2n) is 5.74. The fourth-order valence-corrected chi connectivity index (χ4v) is 2.46. The molecule has 0 saturated heterocycles. The van der Waals surface area contributed by atoms with Crippen LogP contribution in [0.15, 0.2) is 42.5 Å². The Balaban J connectivity index is 1.96. The van der Waals surface area contributed by atoms with Gasteiger partial charge in [-0.2, -0.15) is 0 Å². The fraction of sp³-hybridized carbons (Fsp3) is 0.350. The van der Waals surface area contributed by atoms with Crippen LogP contribution in [0.4, 0.5) is 11.4 Å². The summed E-state index contributed by atoms with van der Waals surface area (Å²) in [5.74, 6) is 0.934. The van der Waals surface area contributed by atoms with Crippen molar-refractivity contribution in [3.8, 4) is 11.5 Å². The molecule has 0 heterocycles. The van der Waals surface area contributed by atoms with Gasteiger partial charge in [-0.15, -0.1) is 0 Å². The van der Waals surface area contributed by atoms with Gasteiger partial charge in [-0.1, -0.05) is 19.8 Å². The number of nitrogens with one attached hydrogen (secondary N) is 2. The summed E-state index contributed by atoms with van der Waals surface area (Å²) in [6.07, 6.45) is 3.60. The van der Waals surface area contributed by atoms with Gasteiger partial charge in [0, 0.05) is 23.5 Å². The van der Waals surface area contributed by atoms with Gasteiger partial charge in [0.1, 0.15) is 0 Å². The maximum atomic E-state index is 12.4. The van der Waals surface area contributed by atoms with Crippen LogP contribution in [-0.4, -0.2) is 26.7 Å². The number of ether oxygens (including phenoxy) is 2. The monoisotopic (exact) mass is 342 g/mol. The summed E-state index contributed by atoms with van der Waals surface area (Å²) in [5.41, 5.74) is 2.32. The van der Waals surface area contributed by atoms with Gasteiger partial charge in [-0.05, 0) is 48.9 Å². The van der Waals surface area contributed by atoms with Crippen molar-refractivity contribution in [1.29, 1.82) is 0 Å². The molecule has 2 aromatic carbocycles. The van der Waals surface area contributed by atoms with E-state index < -0.39 is 0 Å². The normalized spacial score (nSPS) is 10.2. The third-order valence-corrected chi connectivity index (χ3v) is 3.90. The van der Waals surface area contributed by atoms with E-state index in [9.17, 15) is 4.79 Å². The number of anilines is 2. The van der Waals surface area contributed by atoms with Crippen molar-refractivity contribution in [1.82, 2.24) is 0 Å². The molecule has 5 nitrogen and oxygen atoms in total. The average molecular weight is 342 g/mol. The lowest BCUT2D eigenvalue weighted by Gasteiger charge is -2.11. The molecule has 0 spiro atoms. The Morgan fingerprint density at radius 3 is 2.24 bits per heavy atom. The zero-order chi connectivity index (χ0) is 18.1. The van der Waals surface area contributed by atoms with E-state index in [4.69, 9.17) is 9.47 Å². The van der Waals surface area contributed by atoms with Crippen LogP contribution in [0.1, 0.15) is 36.5 Å². The minimum absolute atomic E-state index is 0.190. The summed E-state index contributed by atoms with van der Waals surface area (Å²) in [4.78, 5) is 12.4. The van der Waals surface area contributed by atoms with Gasteiger partial charge >= 0.3 is 0 Å². The van der Waals surface area contributed by atoms with Crippen LogP contribution < -0.4 is 20.1 Å². The Morgan fingerprint density at radius 2 is 1.60 bits per heavy atom. The molecule has 0 saturated carbocycles. The van der Waals surface area contributed by atoms with Gasteiger partial charge in [0.15, 0.2) is 11.5 Å². The number of methoxy groups -OCH3 is 2. The molecule has 0 bridgehead atoms. The van der Waals surface area contributed by atoms with Crippen LogP contribution in [0.2, 0.25) is 0 Å². The quantitative estimate of drug-likeness (QED) is 0.656. The number of carbonyl (C=O) groups is 1. The van der Waals surface area contributed by atoms with E-state index in [2.05, 4.69) is 17.6 Å². The first-order valence-corrected chi connectivity index (χ1v) is 8.55. The van der Waals surface area contributed by atoms with E-state index in [0.717, 1.165) is 24.3 Å². The van der Waals surface area contributed by atoms with E-state index in [0.29, 0.717) is 17.1 Å². The lowest BCUT2D eigenvalue weighted by atomic mass is 10.1. The fourth-order valence-electron chi connectivity index (χ4n) is 2.46. The molecule has 134 valence electrons. The number of hydrogen-bond acceptors (Lipinski definition) is 4. The van der Waals surface area contributed by atoms with Crippen LogP contribution in [0.25, 0.3) is 0 Å². The zero-order valence-corrected chi connectivity index (χ0v) is 15.1. The second-order valence-corrected chi connectivity index (χ2v) is 5.74. The molecule has 0 aromatic heterocycles. The van der Waals surface area contributed by atoms with Crippen molar-refractivity contribution in [2.75, 3.05) is 31.4 Å². The lowest BCUT2D eigenvalue weighted by Crippen LogP contribution is -2.12. The summed E-state index contributed by atoms with van der Waals surface area (Å²) in [7, 11) is 3.11. The summed E-state index contributed by atoms with van der Waals surface area (Å²) in [5, 5.41) is 6.26. The third-order valence-electron chi connectivity index (χ3n) is 3.90. The van der Waals surface area contributed by atoms with Gasteiger partial charge in [-0.3, -0.25) is 4.79 Å². The summed E-state index contributed by atoms with van der Waals surface area (Å²) in [6, 6.07) is 12.8. The largest absolute Gasteiger partial charge is 0.493 e. The molecule has 1 amide bonds. The number of carbonyl (C=O) groups excluding carboxylic acids is 1. The Bertz CT molecular complexity index is 684. The number of hydrogen-bond donors (Lipinski definition) is 2. The van der Waals surface area contributed by atoms with Crippen molar-refractivity contribution in [3.05, 3.63) is 48.0 Å². The maximum Gasteiger partial charge on any atom is 0.255 e. The predicted octanol–water partition coefficient (Wildman–Crippen LogP) is 4.56. The van der Waals surface area contributed by atoms with Gasteiger partial charge < -0.3 is 20.1 Å². The Kier molecular flexibility index (Phi) is 7.14. The topological polar surface area (TPSA) is 59.6 Å². The van der Waals surface area contributed by atoms with E-state index >= 15 is 0 Å². The standard InChI is InChI=1S/C20H26N2O3/c1-4-5-6-13-21-16-8-10-17(11-9-16)22-20(23)15-7-12-18(24-2)19(14-15)25-3/h7-12,14,21H,4-6,13H2,1-3H3,(H,22,23). The van der Waals surface area contributed by atoms with E-state index in [-0.39, 0.29) is 5.91 Å². The second kappa shape index (κ2) is 9.57. The van der Waals surface area contributed by atoms with Crippen LogP contribution in [0.3, 0.4) is 0 Å². The number of amides is 1. The number of unbranched alkanes of at least 4 members (excludes halogenated alkanes) is 2.